The molecule has 2 aromatic carbocycles. The smallest absolute Gasteiger partial charge is 0.224 e. The Morgan fingerprint density at radius 2 is 1.33 bits per heavy atom. The molecule has 0 saturated heterocycles. The highest BCUT2D eigenvalue weighted by atomic mass is 32.3. The van der Waals surface area contributed by atoms with E-state index in [0.717, 1.165) is 5.90 Å². The maximum Gasteiger partial charge on any atom is 0.224 e. The van der Waals surface area contributed by atoms with Crippen molar-refractivity contribution in [3.8, 4) is 0 Å². The molecule has 9 heteroatoms. The number of ether oxygens (including phenoxy) is 1. The third kappa shape index (κ3) is 4.87. The van der Waals surface area contributed by atoms with E-state index < -0.39 is 7.92 Å². The summed E-state index contributed by atoms with van der Waals surface area (Å²) in [7, 11) is -0.696. The number of nitrogens with zero attached hydrogens (tertiary/aromatic N) is 1. The number of thioether (sulfide) groups is 6. The van der Waals surface area contributed by atoms with Gasteiger partial charge in [0, 0.05) is 16.2 Å². The molecule has 6 rings (SSSR count). The molecule has 0 spiro atoms. The first kappa shape index (κ1) is 23.1. The van der Waals surface area contributed by atoms with E-state index in [-0.39, 0.29) is 6.04 Å². The molecular formula is C24H20NOPS6. The van der Waals surface area contributed by atoms with Gasteiger partial charge in [0.15, 0.2) is 0 Å². The van der Waals surface area contributed by atoms with Crippen LogP contribution in [0.15, 0.2) is 92.2 Å². The Bertz CT molecular complexity index is 1130. The molecule has 4 aliphatic heterocycles. The van der Waals surface area contributed by atoms with Crippen LogP contribution in [-0.2, 0) is 4.74 Å². The van der Waals surface area contributed by atoms with Gasteiger partial charge >= 0.3 is 0 Å². The first-order valence-electron chi connectivity index (χ1n) is 10.6. The maximum absolute atomic E-state index is 6.12. The van der Waals surface area contributed by atoms with E-state index in [4.69, 9.17) is 9.73 Å². The summed E-state index contributed by atoms with van der Waals surface area (Å²) >= 11 is 11.8. The van der Waals surface area contributed by atoms with Gasteiger partial charge in [0.1, 0.15) is 6.61 Å². The SMILES string of the molecule is C[C@H]1COC(C2=C(P(c3ccccc3)c3ccccc3)SC(=C3SC4=C(SCCS4)S3)S2)=N1. The van der Waals surface area contributed by atoms with E-state index in [0.29, 0.717) is 6.61 Å². The van der Waals surface area contributed by atoms with Gasteiger partial charge in [0.05, 0.1) is 27.9 Å². The van der Waals surface area contributed by atoms with Crippen LogP contribution in [0, 0.1) is 0 Å². The minimum atomic E-state index is -0.696. The first-order chi connectivity index (χ1) is 16.3. The molecule has 0 saturated carbocycles. The van der Waals surface area contributed by atoms with E-state index in [1.54, 1.807) is 0 Å². The fraction of sp³-hybridized carbons (Fsp3) is 0.208. The van der Waals surface area contributed by atoms with Crippen LogP contribution in [0.4, 0.5) is 0 Å². The summed E-state index contributed by atoms with van der Waals surface area (Å²) in [6.45, 7) is 2.80. The van der Waals surface area contributed by atoms with Crippen molar-refractivity contribution in [3.63, 3.8) is 0 Å². The zero-order chi connectivity index (χ0) is 22.2. The van der Waals surface area contributed by atoms with Gasteiger partial charge in [-0.15, -0.1) is 23.5 Å². The minimum absolute atomic E-state index is 0.216. The topological polar surface area (TPSA) is 21.6 Å². The van der Waals surface area contributed by atoms with Crippen molar-refractivity contribution in [3.05, 3.63) is 87.2 Å². The van der Waals surface area contributed by atoms with Gasteiger partial charge < -0.3 is 4.74 Å². The van der Waals surface area contributed by atoms with Crippen molar-refractivity contribution < 1.29 is 4.74 Å². The summed E-state index contributed by atoms with van der Waals surface area (Å²) in [5.74, 6) is 3.26. The maximum atomic E-state index is 6.12. The summed E-state index contributed by atoms with van der Waals surface area (Å²) in [6, 6.07) is 22.1. The Hall–Kier alpha value is -0.340. The van der Waals surface area contributed by atoms with Gasteiger partial charge in [-0.25, -0.2) is 4.99 Å². The number of benzene rings is 2. The summed E-state index contributed by atoms with van der Waals surface area (Å²) in [5, 5.41) is 2.74. The van der Waals surface area contributed by atoms with Gasteiger partial charge in [0.25, 0.3) is 0 Å². The largest absolute Gasteiger partial charge is 0.475 e. The molecule has 2 nitrogen and oxygen atoms in total. The molecule has 0 aliphatic carbocycles. The second-order valence-electron chi connectivity index (χ2n) is 7.49. The second kappa shape index (κ2) is 10.3. The lowest BCUT2D eigenvalue weighted by Gasteiger charge is -2.20. The van der Waals surface area contributed by atoms with Crippen LogP contribution < -0.4 is 10.6 Å². The van der Waals surface area contributed by atoms with Gasteiger partial charge in [-0.05, 0) is 25.5 Å². The predicted octanol–water partition coefficient (Wildman–Crippen LogP) is 7.80. The fourth-order valence-corrected chi connectivity index (χ4v) is 16.0. The monoisotopic (exact) mass is 561 g/mol. The van der Waals surface area contributed by atoms with Crippen molar-refractivity contribution in [1.29, 1.82) is 0 Å². The Morgan fingerprint density at radius 1 is 0.758 bits per heavy atom. The molecule has 0 N–H and O–H groups in total. The highest BCUT2D eigenvalue weighted by molar-refractivity contribution is 8.43. The molecule has 4 aliphatic rings. The third-order valence-electron chi connectivity index (χ3n) is 5.06. The van der Waals surface area contributed by atoms with Crippen LogP contribution in [0.25, 0.3) is 0 Å². The van der Waals surface area contributed by atoms with E-state index >= 15 is 0 Å². The summed E-state index contributed by atoms with van der Waals surface area (Å²) in [4.78, 5) is 6.10. The molecule has 0 unspecified atom stereocenters. The van der Waals surface area contributed by atoms with E-state index in [2.05, 4.69) is 67.6 Å². The second-order valence-corrected chi connectivity index (χ2v) is 17.3. The van der Waals surface area contributed by atoms with Gasteiger partial charge in [0.2, 0.25) is 5.90 Å². The van der Waals surface area contributed by atoms with E-state index in [1.165, 1.54) is 48.6 Å². The number of rotatable bonds is 4. The molecule has 0 aromatic heterocycles. The molecule has 2 aromatic rings. The molecule has 0 radical (unpaired) electrons. The molecular weight excluding hydrogens is 542 g/mol. The van der Waals surface area contributed by atoms with Crippen LogP contribution in [0.3, 0.4) is 0 Å². The molecule has 33 heavy (non-hydrogen) atoms. The average molecular weight is 562 g/mol. The zero-order valence-corrected chi connectivity index (χ0v) is 23.5. The Balaban J connectivity index is 1.43. The summed E-state index contributed by atoms with van der Waals surface area (Å²) in [5.41, 5.74) is 0. The average Bonchev–Trinajstić information content (AvgIpc) is 3.58. The molecule has 0 bridgehead atoms. The van der Waals surface area contributed by atoms with E-state index in [9.17, 15) is 0 Å². The Morgan fingerprint density at radius 3 is 1.88 bits per heavy atom. The van der Waals surface area contributed by atoms with Crippen LogP contribution in [0.5, 0.6) is 0 Å². The first-order valence-corrected chi connectivity index (χ1v) is 17.1. The molecule has 0 fully saturated rings. The third-order valence-corrected chi connectivity index (χ3v) is 17.0. The summed E-state index contributed by atoms with van der Waals surface area (Å²) in [6.07, 6.45) is 0. The molecule has 168 valence electrons. The lowest BCUT2D eigenvalue weighted by atomic mass is 10.4. The van der Waals surface area contributed by atoms with Crippen molar-refractivity contribution in [1.82, 2.24) is 0 Å². The normalized spacial score (nSPS) is 22.8. The standard InChI is InChI=1S/C24H20NOPS6/c1-15-14-26-19(25-15)18-20(27(16-8-4-2-5-9-16)17-10-6-3-7-11-17)31-23(30-18)24-32-21-22(33-24)29-13-12-28-21/h2-11,15H,12-14H2,1H3/t15-/m0/s1. The van der Waals surface area contributed by atoms with Crippen molar-refractivity contribution >= 4 is 95.0 Å². The number of hydrogen-bond donors (Lipinski definition) is 0. The predicted molar refractivity (Wildman–Crippen MR) is 158 cm³/mol. The fourth-order valence-electron chi connectivity index (χ4n) is 3.59. The quantitative estimate of drug-likeness (QED) is 0.351. The number of hydrogen-bond acceptors (Lipinski definition) is 8. The molecule has 4 heterocycles. The van der Waals surface area contributed by atoms with Crippen LogP contribution in [-0.4, -0.2) is 30.1 Å². The Labute approximate surface area is 221 Å². The Kier molecular flexibility index (Phi) is 7.23. The lowest BCUT2D eigenvalue weighted by Crippen LogP contribution is -2.13. The molecule has 0 amide bonds. The van der Waals surface area contributed by atoms with Gasteiger partial charge in [-0.3, -0.25) is 0 Å². The molecule has 1 atom stereocenters. The van der Waals surface area contributed by atoms with Crippen molar-refractivity contribution in [2.75, 3.05) is 18.1 Å². The van der Waals surface area contributed by atoms with Gasteiger partial charge in [-0.1, -0.05) is 108 Å². The van der Waals surface area contributed by atoms with Crippen molar-refractivity contribution in [2.24, 2.45) is 4.99 Å². The van der Waals surface area contributed by atoms with Crippen LogP contribution >= 0.6 is 78.5 Å². The van der Waals surface area contributed by atoms with Crippen molar-refractivity contribution in [2.45, 2.75) is 13.0 Å². The van der Waals surface area contributed by atoms with E-state index in [1.807, 2.05) is 70.6 Å². The highest BCUT2D eigenvalue weighted by Crippen LogP contribution is 2.68. The summed E-state index contributed by atoms with van der Waals surface area (Å²) < 4.78 is 13.3. The van der Waals surface area contributed by atoms with Gasteiger partial charge in [-0.2, -0.15) is 0 Å². The van der Waals surface area contributed by atoms with Crippen LogP contribution in [0.2, 0.25) is 0 Å². The minimum Gasteiger partial charge on any atom is -0.475 e. The number of aliphatic imine (C=N–C) groups is 1. The lowest BCUT2D eigenvalue weighted by molar-refractivity contribution is 0.325. The van der Waals surface area contributed by atoms with Crippen LogP contribution in [0.1, 0.15) is 6.92 Å². The zero-order valence-electron chi connectivity index (χ0n) is 17.7. The highest BCUT2D eigenvalue weighted by Gasteiger charge is 2.38.